The maximum Gasteiger partial charge on any atom is 0.148 e. The fraction of sp³-hybridized carbons (Fsp3) is 0.375. The van der Waals surface area contributed by atoms with Gasteiger partial charge < -0.3 is 15.6 Å². The largest absolute Gasteiger partial charge is 0.483 e. The van der Waals surface area contributed by atoms with Crippen LogP contribution >= 0.6 is 27.3 Å². The van der Waals surface area contributed by atoms with Crippen molar-refractivity contribution in [3.63, 3.8) is 0 Å². The summed E-state index contributed by atoms with van der Waals surface area (Å²) < 4.78 is 7.27. The van der Waals surface area contributed by atoms with E-state index in [1.165, 1.54) is 0 Å². The molecule has 0 fully saturated rings. The van der Waals surface area contributed by atoms with Crippen LogP contribution in [0.1, 0.15) is 29.9 Å². The van der Waals surface area contributed by atoms with Gasteiger partial charge in [0.15, 0.2) is 0 Å². The highest BCUT2D eigenvalue weighted by Crippen LogP contribution is 2.34. The normalized spacial score (nSPS) is 13.9. The van der Waals surface area contributed by atoms with Gasteiger partial charge in [-0.2, -0.15) is 0 Å². The van der Waals surface area contributed by atoms with Crippen LogP contribution < -0.4 is 10.5 Å². The smallest absolute Gasteiger partial charge is 0.148 e. The molecule has 0 radical (unpaired) electrons. The summed E-state index contributed by atoms with van der Waals surface area (Å²) >= 11 is 5.13. The number of ether oxygens (including phenoxy) is 1. The van der Waals surface area contributed by atoms with Crippen molar-refractivity contribution in [1.29, 1.82) is 0 Å². The third kappa shape index (κ3) is 4.30. The molecule has 1 aromatic heterocycles. The minimum atomic E-state index is -0.175. The van der Waals surface area contributed by atoms with Gasteiger partial charge in [0.25, 0.3) is 0 Å². The third-order valence-electron chi connectivity index (χ3n) is 3.34. The Hall–Kier alpha value is -0.880. The topological polar surface area (TPSA) is 55.5 Å². The van der Waals surface area contributed by atoms with E-state index >= 15 is 0 Å². The van der Waals surface area contributed by atoms with Crippen LogP contribution in [0.2, 0.25) is 0 Å². The first-order chi connectivity index (χ1) is 10.2. The van der Waals surface area contributed by atoms with Crippen molar-refractivity contribution in [3.05, 3.63) is 50.6 Å². The lowest BCUT2D eigenvalue weighted by atomic mass is 10.1. The van der Waals surface area contributed by atoms with Crippen molar-refractivity contribution in [1.82, 2.24) is 0 Å². The van der Waals surface area contributed by atoms with Gasteiger partial charge in [0.2, 0.25) is 0 Å². The Kier molecular flexibility index (Phi) is 6.23. The SMILES string of the molecule is CCC(N)C(Oc1ccccc1CCO)c1ccc(Br)s1. The molecule has 5 heteroatoms. The molecule has 3 nitrogen and oxygen atoms in total. The average molecular weight is 370 g/mol. The molecule has 0 aliphatic heterocycles. The van der Waals surface area contributed by atoms with Gasteiger partial charge in [-0.05, 0) is 52.5 Å². The molecule has 0 saturated heterocycles. The standard InChI is InChI=1S/C16H20BrNO2S/c1-2-12(18)16(14-7-8-15(17)21-14)20-13-6-4-3-5-11(13)9-10-19/h3-8,12,16,19H,2,9-10,18H2,1H3. The summed E-state index contributed by atoms with van der Waals surface area (Å²) in [5, 5.41) is 9.17. The zero-order chi connectivity index (χ0) is 15.2. The van der Waals surface area contributed by atoms with Gasteiger partial charge in [-0.1, -0.05) is 25.1 Å². The third-order valence-corrected chi connectivity index (χ3v) is 5.03. The summed E-state index contributed by atoms with van der Waals surface area (Å²) in [5.74, 6) is 0.796. The van der Waals surface area contributed by atoms with Crippen LogP contribution in [0.4, 0.5) is 0 Å². The van der Waals surface area contributed by atoms with E-state index in [1.54, 1.807) is 11.3 Å². The molecule has 0 amide bonds. The Morgan fingerprint density at radius 3 is 2.67 bits per heavy atom. The van der Waals surface area contributed by atoms with Gasteiger partial charge in [-0.3, -0.25) is 0 Å². The molecule has 0 saturated carbocycles. The maximum absolute atomic E-state index is 9.17. The summed E-state index contributed by atoms with van der Waals surface area (Å²) in [5.41, 5.74) is 7.25. The van der Waals surface area contributed by atoms with E-state index < -0.39 is 0 Å². The predicted molar refractivity (Wildman–Crippen MR) is 90.9 cm³/mol. The molecule has 2 rings (SSSR count). The Bertz CT molecular complexity index is 573. The number of hydrogen-bond acceptors (Lipinski definition) is 4. The number of halogens is 1. The molecule has 3 N–H and O–H groups in total. The summed E-state index contributed by atoms with van der Waals surface area (Å²) in [6.07, 6.45) is 1.24. The molecular weight excluding hydrogens is 350 g/mol. The van der Waals surface area contributed by atoms with E-state index in [4.69, 9.17) is 15.6 Å². The molecule has 2 unspecified atom stereocenters. The molecule has 0 spiro atoms. The number of hydrogen-bond donors (Lipinski definition) is 2. The van der Waals surface area contributed by atoms with Crippen LogP contribution in [0.5, 0.6) is 5.75 Å². The highest BCUT2D eigenvalue weighted by atomic mass is 79.9. The Morgan fingerprint density at radius 1 is 1.29 bits per heavy atom. The van der Waals surface area contributed by atoms with E-state index in [0.29, 0.717) is 6.42 Å². The van der Waals surface area contributed by atoms with Crippen LogP contribution in [0.3, 0.4) is 0 Å². The number of aliphatic hydroxyl groups is 1. The lowest BCUT2D eigenvalue weighted by Gasteiger charge is -2.24. The van der Waals surface area contributed by atoms with E-state index in [-0.39, 0.29) is 18.8 Å². The first-order valence-electron chi connectivity index (χ1n) is 7.02. The van der Waals surface area contributed by atoms with Crippen molar-refractivity contribution >= 4 is 27.3 Å². The molecule has 0 aliphatic rings. The second kappa shape index (κ2) is 7.94. The Balaban J connectivity index is 2.27. The molecule has 21 heavy (non-hydrogen) atoms. The predicted octanol–water partition coefficient (Wildman–Crippen LogP) is 3.90. The molecule has 0 bridgehead atoms. The van der Waals surface area contributed by atoms with E-state index in [2.05, 4.69) is 22.9 Å². The second-order valence-electron chi connectivity index (χ2n) is 4.83. The lowest BCUT2D eigenvalue weighted by Crippen LogP contribution is -2.31. The highest BCUT2D eigenvalue weighted by molar-refractivity contribution is 9.11. The zero-order valence-corrected chi connectivity index (χ0v) is 14.4. The first-order valence-corrected chi connectivity index (χ1v) is 8.63. The van der Waals surface area contributed by atoms with Gasteiger partial charge in [-0.25, -0.2) is 0 Å². The molecule has 1 aromatic carbocycles. The van der Waals surface area contributed by atoms with Gasteiger partial charge in [0.05, 0.1) is 3.79 Å². The van der Waals surface area contributed by atoms with Gasteiger partial charge in [0.1, 0.15) is 11.9 Å². The zero-order valence-electron chi connectivity index (χ0n) is 12.0. The van der Waals surface area contributed by atoms with Crippen LogP contribution in [0.15, 0.2) is 40.2 Å². The van der Waals surface area contributed by atoms with Crippen molar-refractivity contribution in [3.8, 4) is 5.75 Å². The number of rotatable bonds is 7. The van der Waals surface area contributed by atoms with Gasteiger partial charge in [0, 0.05) is 17.5 Å². The van der Waals surface area contributed by atoms with Crippen LogP contribution in [0.25, 0.3) is 0 Å². The number of thiophene rings is 1. The summed E-state index contributed by atoms with van der Waals surface area (Å²) in [4.78, 5) is 1.11. The number of nitrogens with two attached hydrogens (primary N) is 1. The Morgan fingerprint density at radius 2 is 2.05 bits per heavy atom. The second-order valence-corrected chi connectivity index (χ2v) is 7.33. The lowest BCUT2D eigenvalue weighted by molar-refractivity contribution is 0.172. The molecule has 1 heterocycles. The average Bonchev–Trinajstić information content (AvgIpc) is 2.92. The van der Waals surface area contributed by atoms with Gasteiger partial charge in [-0.15, -0.1) is 11.3 Å². The van der Waals surface area contributed by atoms with Crippen molar-refractivity contribution in [2.45, 2.75) is 31.9 Å². The van der Waals surface area contributed by atoms with Gasteiger partial charge >= 0.3 is 0 Å². The monoisotopic (exact) mass is 369 g/mol. The summed E-state index contributed by atoms with van der Waals surface area (Å²) in [6, 6.07) is 11.8. The van der Waals surface area contributed by atoms with Crippen molar-refractivity contribution in [2.24, 2.45) is 5.73 Å². The summed E-state index contributed by atoms with van der Waals surface area (Å²) in [6.45, 7) is 2.17. The van der Waals surface area contributed by atoms with E-state index in [9.17, 15) is 0 Å². The molecule has 114 valence electrons. The minimum Gasteiger partial charge on any atom is -0.483 e. The van der Waals surface area contributed by atoms with Crippen molar-refractivity contribution in [2.75, 3.05) is 6.61 Å². The Labute approximate surface area is 137 Å². The first kappa shape index (κ1) is 16.5. The molecule has 0 aliphatic carbocycles. The van der Waals surface area contributed by atoms with E-state index in [1.807, 2.05) is 36.4 Å². The maximum atomic E-state index is 9.17. The van der Waals surface area contributed by atoms with E-state index in [0.717, 1.165) is 26.4 Å². The molecular formula is C16H20BrNO2S. The van der Waals surface area contributed by atoms with Crippen molar-refractivity contribution < 1.29 is 9.84 Å². The van der Waals surface area contributed by atoms with Crippen LogP contribution in [0, 0.1) is 0 Å². The number of para-hydroxylation sites is 1. The molecule has 2 atom stereocenters. The summed E-state index contributed by atoms with van der Waals surface area (Å²) in [7, 11) is 0. The van der Waals surface area contributed by atoms with Crippen LogP contribution in [-0.2, 0) is 6.42 Å². The number of aliphatic hydroxyl groups excluding tert-OH is 1. The minimum absolute atomic E-state index is 0.0715. The fourth-order valence-corrected chi connectivity index (χ4v) is 3.66. The number of benzene rings is 1. The fourth-order valence-electron chi connectivity index (χ4n) is 2.13. The highest BCUT2D eigenvalue weighted by Gasteiger charge is 2.23. The van der Waals surface area contributed by atoms with Crippen LogP contribution in [-0.4, -0.2) is 17.8 Å². The molecule has 2 aromatic rings. The quantitative estimate of drug-likeness (QED) is 0.777.